The number of amides is 1. The highest BCUT2D eigenvalue weighted by atomic mass is 19.2. The summed E-state index contributed by atoms with van der Waals surface area (Å²) in [6, 6.07) is 8.22. The Morgan fingerprint density at radius 3 is 2.13 bits per heavy atom. The second kappa shape index (κ2) is 9.24. The Labute approximate surface area is 174 Å². The quantitative estimate of drug-likeness (QED) is 0.564. The van der Waals surface area contributed by atoms with Gasteiger partial charge in [0, 0.05) is 5.69 Å². The molecule has 3 rings (SSSR count). The number of hydrogen-bond donors (Lipinski definition) is 2. The second-order valence-electron chi connectivity index (χ2n) is 7.73. The third-order valence-corrected chi connectivity index (χ3v) is 5.69. The fraction of sp³-hybridized carbons (Fsp3) is 0.391. The molecule has 5 nitrogen and oxygen atoms in total. The van der Waals surface area contributed by atoms with Crippen molar-refractivity contribution in [3.05, 3.63) is 53.6 Å². The van der Waals surface area contributed by atoms with E-state index in [9.17, 15) is 18.4 Å². The lowest BCUT2D eigenvalue weighted by molar-refractivity contribution is -0.149. The van der Waals surface area contributed by atoms with Gasteiger partial charge in [0.25, 0.3) is 5.91 Å². The molecule has 0 saturated heterocycles. The van der Waals surface area contributed by atoms with E-state index in [0.29, 0.717) is 24.0 Å². The first-order valence-corrected chi connectivity index (χ1v) is 10.1. The summed E-state index contributed by atoms with van der Waals surface area (Å²) in [5, 5.41) is 2.88. The summed E-state index contributed by atoms with van der Waals surface area (Å²) in [4.78, 5) is 25.6. The Hall–Kier alpha value is -2.96. The number of carbonyl (C=O) groups excluding carboxylic acids is 2. The first-order valence-electron chi connectivity index (χ1n) is 10.1. The molecule has 160 valence electrons. The number of hydrogen-bond acceptors (Lipinski definition) is 4. The second-order valence-corrected chi connectivity index (χ2v) is 7.73. The fourth-order valence-electron chi connectivity index (χ4n) is 3.99. The molecule has 30 heavy (non-hydrogen) atoms. The minimum absolute atomic E-state index is 0.181. The van der Waals surface area contributed by atoms with Gasteiger partial charge in [-0.25, -0.2) is 13.6 Å². The minimum atomic E-state index is -1.07. The van der Waals surface area contributed by atoms with Gasteiger partial charge in [-0.3, -0.25) is 4.79 Å². The summed E-state index contributed by atoms with van der Waals surface area (Å²) in [5.74, 6) is -2.81. The number of anilines is 1. The van der Waals surface area contributed by atoms with Crippen LogP contribution in [0.15, 0.2) is 36.4 Å². The molecular formula is C23H26F2N2O3. The predicted molar refractivity (Wildman–Crippen MR) is 111 cm³/mol. The molecule has 1 fully saturated rings. The molecule has 7 heteroatoms. The number of benzene rings is 2. The summed E-state index contributed by atoms with van der Waals surface area (Å²) >= 11 is 0. The third-order valence-electron chi connectivity index (χ3n) is 5.69. The van der Waals surface area contributed by atoms with E-state index in [0.717, 1.165) is 44.2 Å². The first kappa shape index (κ1) is 21.7. The third kappa shape index (κ3) is 4.61. The largest absolute Gasteiger partial charge is 0.467 e. The normalized spacial score (nSPS) is 16.2. The van der Waals surface area contributed by atoms with Gasteiger partial charge in [-0.2, -0.15) is 0 Å². The van der Waals surface area contributed by atoms with E-state index in [1.807, 2.05) is 0 Å². The molecule has 1 amide bonds. The van der Waals surface area contributed by atoms with Crippen LogP contribution in [0.3, 0.4) is 0 Å². The fourth-order valence-corrected chi connectivity index (χ4v) is 3.99. The first-order chi connectivity index (χ1) is 14.4. The van der Waals surface area contributed by atoms with Crippen LogP contribution in [0.2, 0.25) is 0 Å². The van der Waals surface area contributed by atoms with Gasteiger partial charge in [0.15, 0.2) is 11.6 Å². The molecule has 0 aromatic heterocycles. The predicted octanol–water partition coefficient (Wildman–Crippen LogP) is 4.60. The number of halogens is 2. The molecular weight excluding hydrogens is 390 g/mol. The average Bonchev–Trinajstić information content (AvgIpc) is 2.71. The Kier molecular flexibility index (Phi) is 6.70. The highest BCUT2D eigenvalue weighted by molar-refractivity contribution is 6.02. The monoisotopic (exact) mass is 416 g/mol. The van der Waals surface area contributed by atoms with Crippen molar-refractivity contribution in [3.63, 3.8) is 0 Å². The van der Waals surface area contributed by atoms with Gasteiger partial charge in [-0.05, 0) is 48.2 Å². The van der Waals surface area contributed by atoms with Crippen LogP contribution in [0.25, 0.3) is 11.1 Å². The number of ether oxygens (including phenoxy) is 1. The van der Waals surface area contributed by atoms with Crippen LogP contribution in [-0.2, 0) is 9.53 Å². The van der Waals surface area contributed by atoms with Gasteiger partial charge >= 0.3 is 5.97 Å². The number of esters is 1. The molecule has 0 atom stereocenters. The number of nitrogens with one attached hydrogen (secondary N) is 1. The highest BCUT2D eigenvalue weighted by Gasteiger charge is 2.41. The maximum Gasteiger partial charge on any atom is 0.331 e. The van der Waals surface area contributed by atoms with Gasteiger partial charge < -0.3 is 15.8 Å². The van der Waals surface area contributed by atoms with Gasteiger partial charge in [-0.1, -0.05) is 44.2 Å². The van der Waals surface area contributed by atoms with Crippen molar-refractivity contribution in [1.29, 1.82) is 0 Å². The van der Waals surface area contributed by atoms with Crippen molar-refractivity contribution in [1.82, 2.24) is 5.32 Å². The van der Waals surface area contributed by atoms with Crippen LogP contribution >= 0.6 is 0 Å². The Morgan fingerprint density at radius 1 is 0.933 bits per heavy atom. The summed E-state index contributed by atoms with van der Waals surface area (Å²) in [6.45, 7) is 0. The van der Waals surface area contributed by atoms with Gasteiger partial charge in [-0.15, -0.1) is 0 Å². The van der Waals surface area contributed by atoms with Crippen molar-refractivity contribution in [3.8, 4) is 11.1 Å². The van der Waals surface area contributed by atoms with E-state index in [1.54, 1.807) is 6.07 Å². The van der Waals surface area contributed by atoms with Crippen molar-refractivity contribution in [2.45, 2.75) is 50.5 Å². The number of rotatable bonds is 4. The zero-order valence-corrected chi connectivity index (χ0v) is 17.0. The molecule has 0 spiro atoms. The molecule has 0 radical (unpaired) electrons. The van der Waals surface area contributed by atoms with E-state index in [1.165, 1.54) is 25.3 Å². The van der Waals surface area contributed by atoms with Crippen LogP contribution in [0.5, 0.6) is 0 Å². The van der Waals surface area contributed by atoms with Crippen LogP contribution in [0.1, 0.15) is 55.3 Å². The summed E-state index contributed by atoms with van der Waals surface area (Å²) in [7, 11) is 1.32. The molecule has 1 aliphatic carbocycles. The van der Waals surface area contributed by atoms with Gasteiger partial charge in [0.1, 0.15) is 5.54 Å². The van der Waals surface area contributed by atoms with Crippen LogP contribution in [-0.4, -0.2) is 24.5 Å². The zero-order chi connectivity index (χ0) is 21.7. The Morgan fingerprint density at radius 2 is 1.53 bits per heavy atom. The average molecular weight is 416 g/mol. The topological polar surface area (TPSA) is 81.4 Å². The van der Waals surface area contributed by atoms with E-state index < -0.39 is 29.0 Å². The summed E-state index contributed by atoms with van der Waals surface area (Å²) in [6.07, 6.45) is 5.78. The van der Waals surface area contributed by atoms with E-state index in [4.69, 9.17) is 10.5 Å². The summed E-state index contributed by atoms with van der Waals surface area (Å²) in [5.41, 5.74) is 6.41. The van der Waals surface area contributed by atoms with Crippen LogP contribution < -0.4 is 11.1 Å². The molecule has 0 bridgehead atoms. The molecule has 3 N–H and O–H groups in total. The minimum Gasteiger partial charge on any atom is -0.467 e. The number of methoxy groups -OCH3 is 1. The molecule has 0 unspecified atom stereocenters. The lowest BCUT2D eigenvalue weighted by Crippen LogP contribution is -2.55. The van der Waals surface area contributed by atoms with Crippen molar-refractivity contribution in [2.75, 3.05) is 12.8 Å². The van der Waals surface area contributed by atoms with Crippen molar-refractivity contribution in [2.24, 2.45) is 0 Å². The molecule has 1 aliphatic rings. The molecule has 2 aromatic rings. The van der Waals surface area contributed by atoms with E-state index >= 15 is 0 Å². The Bertz CT molecular complexity index is 938. The van der Waals surface area contributed by atoms with Gasteiger partial charge in [0.05, 0.1) is 12.7 Å². The van der Waals surface area contributed by atoms with Crippen LogP contribution in [0.4, 0.5) is 14.5 Å². The number of nitrogens with two attached hydrogens (primary N) is 1. The SMILES string of the molecule is COC(=O)C1(NC(=O)c2ccc(-c3ccc(F)c(F)c3)cc2N)CCCCCCC1. The van der Waals surface area contributed by atoms with E-state index in [2.05, 4.69) is 5.32 Å². The van der Waals surface area contributed by atoms with Gasteiger partial charge in [0.2, 0.25) is 0 Å². The van der Waals surface area contributed by atoms with Crippen LogP contribution in [0, 0.1) is 11.6 Å². The molecule has 1 saturated carbocycles. The highest BCUT2D eigenvalue weighted by Crippen LogP contribution is 2.30. The van der Waals surface area contributed by atoms with Crippen molar-refractivity contribution >= 4 is 17.6 Å². The maximum absolute atomic E-state index is 13.5. The molecule has 0 aliphatic heterocycles. The summed E-state index contributed by atoms with van der Waals surface area (Å²) < 4.78 is 31.7. The Balaban J connectivity index is 1.86. The van der Waals surface area contributed by atoms with Crippen molar-refractivity contribution < 1.29 is 23.1 Å². The zero-order valence-electron chi connectivity index (χ0n) is 17.0. The molecule has 2 aromatic carbocycles. The lowest BCUT2D eigenvalue weighted by atomic mass is 9.83. The lowest BCUT2D eigenvalue weighted by Gasteiger charge is -2.33. The standard InChI is InChI=1S/C23H26F2N2O3/c1-30-22(29)23(11-5-3-2-4-6-12-23)27-21(28)17-9-7-16(14-20(17)26)15-8-10-18(24)19(25)13-15/h7-10,13-14H,2-6,11-12,26H2,1H3,(H,27,28). The smallest absolute Gasteiger partial charge is 0.331 e. The maximum atomic E-state index is 13.5. The number of nitrogen functional groups attached to an aromatic ring is 1. The number of carbonyl (C=O) groups is 2. The molecule has 0 heterocycles. The van der Waals surface area contributed by atoms with E-state index in [-0.39, 0.29) is 11.3 Å².